The molecule has 8 heteroatoms. The van der Waals surface area contributed by atoms with Gasteiger partial charge in [0.05, 0.1) is 12.1 Å². The lowest BCUT2D eigenvalue weighted by Gasteiger charge is -2.17. The number of carboxylic acids is 1. The van der Waals surface area contributed by atoms with Gasteiger partial charge in [-0.25, -0.2) is 14.2 Å². The van der Waals surface area contributed by atoms with Gasteiger partial charge in [-0.05, 0) is 19.9 Å². The van der Waals surface area contributed by atoms with Crippen molar-refractivity contribution in [1.82, 2.24) is 14.5 Å². The Kier molecular flexibility index (Phi) is 3.71. The summed E-state index contributed by atoms with van der Waals surface area (Å²) in [5.74, 6) is -1.86. The summed E-state index contributed by atoms with van der Waals surface area (Å²) in [5, 5.41) is 11.5. The summed E-state index contributed by atoms with van der Waals surface area (Å²) in [6.45, 7) is 3.36. The zero-order valence-electron chi connectivity index (χ0n) is 12.7. The van der Waals surface area contributed by atoms with Crippen LogP contribution in [0.5, 0.6) is 0 Å². The van der Waals surface area contributed by atoms with Gasteiger partial charge in [-0.15, -0.1) is 11.3 Å². The van der Waals surface area contributed by atoms with E-state index in [1.54, 1.807) is 19.2 Å². The minimum atomic E-state index is -2.35. The molecule has 0 saturated carbocycles. The number of alkyl halides is 1. The topological polar surface area (TPSA) is 75.4 Å². The van der Waals surface area contributed by atoms with Gasteiger partial charge in [-0.1, -0.05) is 0 Å². The van der Waals surface area contributed by atoms with Crippen molar-refractivity contribution in [3.8, 4) is 5.13 Å². The molecule has 6 nitrogen and oxygen atoms in total. The van der Waals surface area contributed by atoms with Gasteiger partial charge in [-0.2, -0.15) is 0 Å². The maximum atomic E-state index is 14.2. The molecule has 2 aromatic heterocycles. The highest BCUT2D eigenvalue weighted by Gasteiger charge is 2.47. The van der Waals surface area contributed by atoms with Crippen molar-refractivity contribution in [3.05, 3.63) is 34.6 Å². The molecule has 0 radical (unpaired) electrons. The van der Waals surface area contributed by atoms with Gasteiger partial charge in [0.2, 0.25) is 5.67 Å². The van der Waals surface area contributed by atoms with Crippen LogP contribution in [0.25, 0.3) is 5.13 Å². The summed E-state index contributed by atoms with van der Waals surface area (Å²) in [5.41, 5.74) is -0.331. The van der Waals surface area contributed by atoms with E-state index in [0.717, 1.165) is 10.8 Å². The average molecular weight is 337 g/mol. The molecule has 3 heterocycles. The Morgan fingerprint density at radius 1 is 1.43 bits per heavy atom. The second-order valence-corrected chi connectivity index (χ2v) is 6.56. The van der Waals surface area contributed by atoms with E-state index in [1.807, 2.05) is 16.9 Å². The van der Waals surface area contributed by atoms with Gasteiger partial charge in [0.1, 0.15) is 0 Å². The third kappa shape index (κ3) is 2.52. The summed E-state index contributed by atoms with van der Waals surface area (Å²) in [6, 6.07) is 1.73. The first kappa shape index (κ1) is 15.7. The highest BCUT2D eigenvalue weighted by molar-refractivity contribution is 7.12. The molecule has 0 spiro atoms. The van der Waals surface area contributed by atoms with E-state index in [9.17, 15) is 14.0 Å². The number of amides is 1. The lowest BCUT2D eigenvalue weighted by molar-refractivity contribution is -0.149. The Morgan fingerprint density at radius 3 is 2.74 bits per heavy atom. The van der Waals surface area contributed by atoms with Gasteiger partial charge in [0.15, 0.2) is 5.13 Å². The number of rotatable bonds is 3. The number of aromatic nitrogens is 2. The fraction of sp³-hybridized carbons (Fsp3) is 0.400. The molecule has 1 aliphatic rings. The van der Waals surface area contributed by atoms with Crippen molar-refractivity contribution in [2.75, 3.05) is 13.1 Å². The molecule has 122 valence electrons. The van der Waals surface area contributed by atoms with Crippen LogP contribution in [0.1, 0.15) is 28.2 Å². The fourth-order valence-corrected chi connectivity index (χ4v) is 3.64. The van der Waals surface area contributed by atoms with Crippen molar-refractivity contribution >= 4 is 23.2 Å². The van der Waals surface area contributed by atoms with Crippen LogP contribution in [0.15, 0.2) is 17.6 Å². The van der Waals surface area contributed by atoms with E-state index in [-0.39, 0.29) is 18.9 Å². The number of hydrogen-bond donors (Lipinski definition) is 1. The van der Waals surface area contributed by atoms with E-state index < -0.39 is 18.2 Å². The average Bonchev–Trinajstić information content (AvgIpc) is 3.19. The maximum absolute atomic E-state index is 14.2. The molecule has 1 unspecified atom stereocenters. The van der Waals surface area contributed by atoms with E-state index in [0.29, 0.717) is 11.3 Å². The quantitative estimate of drug-likeness (QED) is 0.931. The van der Waals surface area contributed by atoms with Gasteiger partial charge in [0, 0.05) is 35.9 Å². The molecule has 0 aliphatic carbocycles. The number of carboxylic acid groups (broad SMARTS) is 1. The number of nitrogens with zero attached hydrogens (tertiary/aromatic N) is 3. The summed E-state index contributed by atoms with van der Waals surface area (Å²) in [4.78, 5) is 29.1. The normalized spacial score (nSPS) is 20.9. The molecule has 1 N–H and O–H groups in total. The van der Waals surface area contributed by atoms with Crippen LogP contribution in [-0.4, -0.2) is 50.2 Å². The van der Waals surface area contributed by atoms with Gasteiger partial charge >= 0.3 is 5.97 Å². The van der Waals surface area contributed by atoms with Gasteiger partial charge in [-0.3, -0.25) is 9.36 Å². The van der Waals surface area contributed by atoms with E-state index in [4.69, 9.17) is 5.11 Å². The number of carbonyl (C=O) groups excluding carboxylic acids is 1. The Labute approximate surface area is 136 Å². The van der Waals surface area contributed by atoms with Crippen molar-refractivity contribution in [1.29, 1.82) is 0 Å². The van der Waals surface area contributed by atoms with E-state index in [2.05, 4.69) is 4.98 Å². The van der Waals surface area contributed by atoms with Crippen molar-refractivity contribution < 1.29 is 19.1 Å². The predicted octanol–water partition coefficient (Wildman–Crippen LogP) is 2.19. The largest absolute Gasteiger partial charge is 0.479 e. The molecule has 1 atom stereocenters. The molecule has 1 amide bonds. The minimum Gasteiger partial charge on any atom is -0.479 e. The third-order valence-corrected chi connectivity index (χ3v) is 4.92. The van der Waals surface area contributed by atoms with E-state index >= 15 is 0 Å². The molecule has 3 rings (SSSR count). The van der Waals surface area contributed by atoms with Gasteiger partial charge < -0.3 is 10.0 Å². The monoisotopic (exact) mass is 337 g/mol. The molecule has 0 aromatic carbocycles. The smallest absolute Gasteiger partial charge is 0.343 e. The lowest BCUT2D eigenvalue weighted by Crippen LogP contribution is -2.39. The van der Waals surface area contributed by atoms with Crippen LogP contribution in [0.2, 0.25) is 0 Å². The number of hydrogen-bond acceptors (Lipinski definition) is 4. The SMILES string of the molecule is Cc1cc(C(=O)N2CCC(F)(C(=O)O)C2)c(C)n1-c1nccs1. The Morgan fingerprint density at radius 2 is 2.17 bits per heavy atom. The zero-order chi connectivity index (χ0) is 16.8. The van der Waals surface area contributed by atoms with Crippen molar-refractivity contribution in [3.63, 3.8) is 0 Å². The maximum Gasteiger partial charge on any atom is 0.343 e. The molecule has 1 fully saturated rings. The molecule has 1 saturated heterocycles. The van der Waals surface area contributed by atoms with E-state index in [1.165, 1.54) is 16.2 Å². The summed E-state index contributed by atoms with van der Waals surface area (Å²) in [7, 11) is 0. The predicted molar refractivity (Wildman–Crippen MR) is 82.9 cm³/mol. The number of aliphatic carboxylic acids is 1. The van der Waals surface area contributed by atoms with Crippen molar-refractivity contribution in [2.24, 2.45) is 0 Å². The second-order valence-electron chi connectivity index (χ2n) is 5.68. The molecule has 1 aliphatic heterocycles. The Balaban J connectivity index is 1.90. The number of aryl methyl sites for hydroxylation is 1. The zero-order valence-corrected chi connectivity index (χ0v) is 13.6. The van der Waals surface area contributed by atoms with Crippen LogP contribution in [0.3, 0.4) is 0 Å². The Hall–Kier alpha value is -2.22. The fourth-order valence-electron chi connectivity index (χ4n) is 2.89. The standard InChI is InChI=1S/C15H16FN3O3S/c1-9-7-11(10(2)19(9)14-17-4-6-23-14)12(20)18-5-3-15(16,8-18)13(21)22/h4,6-7H,3,5,8H2,1-2H3,(H,21,22). The number of likely N-dealkylation sites (tertiary alicyclic amines) is 1. The first-order valence-electron chi connectivity index (χ1n) is 7.14. The molecular formula is C15H16FN3O3S. The highest BCUT2D eigenvalue weighted by Crippen LogP contribution is 2.29. The lowest BCUT2D eigenvalue weighted by atomic mass is 10.1. The Bertz CT molecular complexity index is 771. The van der Waals surface area contributed by atoms with Gasteiger partial charge in [0.25, 0.3) is 5.91 Å². The number of halogens is 1. The molecule has 23 heavy (non-hydrogen) atoms. The van der Waals surface area contributed by atoms with Crippen LogP contribution in [0, 0.1) is 13.8 Å². The highest BCUT2D eigenvalue weighted by atomic mass is 32.1. The number of carbonyl (C=O) groups is 2. The second kappa shape index (κ2) is 5.45. The molecular weight excluding hydrogens is 321 g/mol. The van der Waals surface area contributed by atoms with Crippen molar-refractivity contribution in [2.45, 2.75) is 25.9 Å². The summed E-state index contributed by atoms with van der Waals surface area (Å²) >= 11 is 1.45. The van der Waals surface area contributed by atoms with Crippen LogP contribution >= 0.6 is 11.3 Å². The third-order valence-electron chi connectivity index (χ3n) is 4.16. The first-order chi connectivity index (χ1) is 10.8. The molecule has 2 aromatic rings. The van der Waals surface area contributed by atoms with Crippen LogP contribution in [0.4, 0.5) is 4.39 Å². The van der Waals surface area contributed by atoms with Crippen LogP contribution in [-0.2, 0) is 4.79 Å². The summed E-state index contributed by atoms with van der Waals surface area (Å²) in [6.07, 6.45) is 1.50. The number of thiazole rings is 1. The van der Waals surface area contributed by atoms with Crippen LogP contribution < -0.4 is 0 Å². The summed E-state index contributed by atoms with van der Waals surface area (Å²) < 4.78 is 16.0. The first-order valence-corrected chi connectivity index (χ1v) is 8.02. The molecule has 0 bridgehead atoms. The minimum absolute atomic E-state index is 0.0998.